The molecule has 0 amide bonds. The molecule has 0 atom stereocenters. The minimum Gasteiger partial charge on any atom is -0.340 e. The molecule has 0 unspecified atom stereocenters. The zero-order valence-corrected chi connectivity index (χ0v) is 14.2. The summed E-state index contributed by atoms with van der Waals surface area (Å²) in [5.74, 6) is 1.22. The fourth-order valence-corrected chi connectivity index (χ4v) is 2.57. The maximum atomic E-state index is 9.01. The molecule has 0 spiro atoms. The van der Waals surface area contributed by atoms with Gasteiger partial charge >= 0.3 is 0 Å². The summed E-state index contributed by atoms with van der Waals surface area (Å²) in [6.07, 6.45) is 0.944. The monoisotopic (exact) mass is 329 g/mol. The van der Waals surface area contributed by atoms with Crippen molar-refractivity contribution in [2.45, 2.75) is 20.3 Å². The summed E-state index contributed by atoms with van der Waals surface area (Å²) >= 11 is 0. The minimum absolute atomic E-state index is 0.492. The highest BCUT2D eigenvalue weighted by Gasteiger charge is 2.06. The van der Waals surface area contributed by atoms with Crippen LogP contribution in [0.4, 0.5) is 23.1 Å². The van der Waals surface area contributed by atoms with E-state index in [1.807, 2.05) is 43.3 Å². The molecule has 0 aliphatic rings. The standard InChI is InChI=1S/C20H19N5/c1-3-16-8-4-5-10-18(16)24-19-11-14(2)22-20(25-19)23-17-9-6-7-15(12-17)13-21/h4-12H,3H2,1-2H3,(H2,22,23,24,25). The number of nitriles is 1. The highest BCUT2D eigenvalue weighted by molar-refractivity contribution is 5.63. The second kappa shape index (κ2) is 7.45. The number of nitrogens with one attached hydrogen (secondary N) is 2. The van der Waals surface area contributed by atoms with Gasteiger partial charge < -0.3 is 10.6 Å². The second-order valence-corrected chi connectivity index (χ2v) is 5.67. The number of aromatic nitrogens is 2. The Balaban J connectivity index is 1.86. The van der Waals surface area contributed by atoms with E-state index >= 15 is 0 Å². The highest BCUT2D eigenvalue weighted by atomic mass is 15.1. The van der Waals surface area contributed by atoms with Crippen LogP contribution in [0.3, 0.4) is 0 Å². The molecule has 5 heteroatoms. The summed E-state index contributed by atoms with van der Waals surface area (Å²) in [7, 11) is 0. The van der Waals surface area contributed by atoms with Crippen LogP contribution in [0.25, 0.3) is 0 Å². The average molecular weight is 329 g/mol. The van der Waals surface area contributed by atoms with E-state index in [0.717, 1.165) is 29.3 Å². The molecular weight excluding hydrogens is 310 g/mol. The van der Waals surface area contributed by atoms with Crippen LogP contribution in [-0.2, 0) is 6.42 Å². The second-order valence-electron chi connectivity index (χ2n) is 5.67. The molecule has 2 aromatic carbocycles. The fourth-order valence-electron chi connectivity index (χ4n) is 2.57. The van der Waals surface area contributed by atoms with Crippen LogP contribution >= 0.6 is 0 Å². The van der Waals surface area contributed by atoms with E-state index in [2.05, 4.69) is 39.7 Å². The molecule has 0 aliphatic heterocycles. The van der Waals surface area contributed by atoms with Crippen molar-refractivity contribution in [3.8, 4) is 6.07 Å². The Hall–Kier alpha value is -3.39. The van der Waals surface area contributed by atoms with Gasteiger partial charge in [0.15, 0.2) is 0 Å². The normalized spacial score (nSPS) is 10.1. The third-order valence-electron chi connectivity index (χ3n) is 3.76. The topological polar surface area (TPSA) is 73.6 Å². The molecule has 0 bridgehead atoms. The quantitative estimate of drug-likeness (QED) is 0.709. The Morgan fingerprint density at radius 2 is 1.84 bits per heavy atom. The number of nitrogens with zero attached hydrogens (tertiary/aromatic N) is 3. The third-order valence-corrected chi connectivity index (χ3v) is 3.76. The van der Waals surface area contributed by atoms with Crippen LogP contribution in [0, 0.1) is 18.3 Å². The molecule has 1 heterocycles. The van der Waals surface area contributed by atoms with Crippen molar-refractivity contribution < 1.29 is 0 Å². The number of rotatable bonds is 5. The molecule has 0 saturated carbocycles. The van der Waals surface area contributed by atoms with E-state index < -0.39 is 0 Å². The van der Waals surface area contributed by atoms with E-state index in [-0.39, 0.29) is 0 Å². The summed E-state index contributed by atoms with van der Waals surface area (Å²) in [5.41, 5.74) is 4.50. The number of anilines is 4. The Morgan fingerprint density at radius 1 is 1.00 bits per heavy atom. The summed E-state index contributed by atoms with van der Waals surface area (Å²) < 4.78 is 0. The molecule has 5 nitrogen and oxygen atoms in total. The van der Waals surface area contributed by atoms with Crippen molar-refractivity contribution in [3.05, 3.63) is 71.4 Å². The molecule has 0 aliphatic carbocycles. The molecule has 25 heavy (non-hydrogen) atoms. The number of hydrogen-bond donors (Lipinski definition) is 2. The lowest BCUT2D eigenvalue weighted by Crippen LogP contribution is -2.03. The highest BCUT2D eigenvalue weighted by Crippen LogP contribution is 2.22. The summed E-state index contributed by atoms with van der Waals surface area (Å²) in [4.78, 5) is 8.96. The predicted molar refractivity (Wildman–Crippen MR) is 100 cm³/mol. The first-order chi connectivity index (χ1) is 12.2. The van der Waals surface area contributed by atoms with E-state index in [0.29, 0.717) is 11.5 Å². The van der Waals surface area contributed by atoms with Gasteiger partial charge in [-0.3, -0.25) is 0 Å². The van der Waals surface area contributed by atoms with Crippen LogP contribution < -0.4 is 10.6 Å². The van der Waals surface area contributed by atoms with Crippen LogP contribution in [-0.4, -0.2) is 9.97 Å². The molecule has 3 rings (SSSR count). The van der Waals surface area contributed by atoms with Crippen molar-refractivity contribution in [2.24, 2.45) is 0 Å². The first-order valence-corrected chi connectivity index (χ1v) is 8.15. The number of hydrogen-bond acceptors (Lipinski definition) is 5. The van der Waals surface area contributed by atoms with Gasteiger partial charge in [-0.15, -0.1) is 0 Å². The SMILES string of the molecule is CCc1ccccc1Nc1cc(C)nc(Nc2cccc(C#N)c2)n1. The van der Waals surface area contributed by atoms with Gasteiger partial charge in [0.2, 0.25) is 5.95 Å². The van der Waals surface area contributed by atoms with Crippen LogP contribution in [0.15, 0.2) is 54.6 Å². The van der Waals surface area contributed by atoms with Gasteiger partial charge in [-0.25, -0.2) is 4.98 Å². The van der Waals surface area contributed by atoms with Gasteiger partial charge in [-0.1, -0.05) is 31.2 Å². The average Bonchev–Trinajstić information content (AvgIpc) is 2.62. The van der Waals surface area contributed by atoms with Crippen molar-refractivity contribution in [1.82, 2.24) is 9.97 Å². The molecule has 0 radical (unpaired) electrons. The minimum atomic E-state index is 0.492. The molecule has 2 N–H and O–H groups in total. The third kappa shape index (κ3) is 4.12. The number of aryl methyl sites for hydroxylation is 2. The Labute approximate surface area is 147 Å². The molecule has 0 saturated heterocycles. The molecule has 124 valence electrons. The summed E-state index contributed by atoms with van der Waals surface area (Å²) in [6.45, 7) is 4.05. The molecular formula is C20H19N5. The van der Waals surface area contributed by atoms with Crippen molar-refractivity contribution in [3.63, 3.8) is 0 Å². The number of benzene rings is 2. The molecule has 0 fully saturated rings. The van der Waals surface area contributed by atoms with Gasteiger partial charge in [0.05, 0.1) is 11.6 Å². The van der Waals surface area contributed by atoms with Gasteiger partial charge in [-0.2, -0.15) is 10.2 Å². The van der Waals surface area contributed by atoms with E-state index in [4.69, 9.17) is 5.26 Å². The van der Waals surface area contributed by atoms with E-state index in [9.17, 15) is 0 Å². The first kappa shape index (κ1) is 16.5. The van der Waals surface area contributed by atoms with Gasteiger partial charge in [0, 0.05) is 23.1 Å². The zero-order valence-electron chi connectivity index (χ0n) is 14.2. The van der Waals surface area contributed by atoms with Crippen molar-refractivity contribution >= 4 is 23.1 Å². The number of para-hydroxylation sites is 1. The smallest absolute Gasteiger partial charge is 0.229 e. The van der Waals surface area contributed by atoms with Crippen molar-refractivity contribution in [1.29, 1.82) is 5.26 Å². The van der Waals surface area contributed by atoms with Crippen LogP contribution in [0.2, 0.25) is 0 Å². The Bertz CT molecular complexity index is 927. The summed E-state index contributed by atoms with van der Waals surface area (Å²) in [6, 6.07) is 19.4. The van der Waals surface area contributed by atoms with Crippen LogP contribution in [0.5, 0.6) is 0 Å². The lowest BCUT2D eigenvalue weighted by atomic mass is 10.1. The lowest BCUT2D eigenvalue weighted by molar-refractivity contribution is 1.10. The Morgan fingerprint density at radius 3 is 2.64 bits per heavy atom. The van der Waals surface area contributed by atoms with E-state index in [1.54, 1.807) is 12.1 Å². The first-order valence-electron chi connectivity index (χ1n) is 8.15. The van der Waals surface area contributed by atoms with E-state index in [1.165, 1.54) is 5.56 Å². The zero-order chi connectivity index (χ0) is 17.6. The maximum absolute atomic E-state index is 9.01. The van der Waals surface area contributed by atoms with Gasteiger partial charge in [-0.05, 0) is 43.2 Å². The Kier molecular flexibility index (Phi) is 4.91. The molecule has 1 aromatic heterocycles. The van der Waals surface area contributed by atoms with Gasteiger partial charge in [0.25, 0.3) is 0 Å². The van der Waals surface area contributed by atoms with Crippen molar-refractivity contribution in [2.75, 3.05) is 10.6 Å². The maximum Gasteiger partial charge on any atom is 0.229 e. The summed E-state index contributed by atoms with van der Waals surface area (Å²) in [5, 5.41) is 15.5. The molecule has 3 aromatic rings. The predicted octanol–water partition coefficient (Wildman–Crippen LogP) is 4.71. The lowest BCUT2D eigenvalue weighted by Gasteiger charge is -2.12. The van der Waals surface area contributed by atoms with Gasteiger partial charge in [0.1, 0.15) is 5.82 Å². The van der Waals surface area contributed by atoms with Crippen LogP contribution in [0.1, 0.15) is 23.7 Å². The fraction of sp³-hybridized carbons (Fsp3) is 0.150. The largest absolute Gasteiger partial charge is 0.340 e.